The van der Waals surface area contributed by atoms with E-state index in [-0.39, 0.29) is 5.91 Å². The maximum absolute atomic E-state index is 11.7. The van der Waals surface area contributed by atoms with Crippen LogP contribution in [0.2, 0.25) is 0 Å². The first kappa shape index (κ1) is 12.7. The molecule has 1 amide bonds. The molecule has 0 atom stereocenters. The number of rotatable bonds is 3. The molecule has 0 heterocycles. The van der Waals surface area contributed by atoms with Gasteiger partial charge in [-0.05, 0) is 48.0 Å². The van der Waals surface area contributed by atoms with Gasteiger partial charge in [-0.25, -0.2) is 0 Å². The number of hydrogen-bond donors (Lipinski definition) is 3. The van der Waals surface area contributed by atoms with E-state index >= 15 is 0 Å². The zero-order valence-corrected chi connectivity index (χ0v) is 10.3. The van der Waals surface area contributed by atoms with Crippen LogP contribution in [0, 0.1) is 0 Å². The molecule has 0 aliphatic carbocycles. The van der Waals surface area contributed by atoms with Gasteiger partial charge in [-0.1, -0.05) is 12.1 Å². The maximum atomic E-state index is 11.7. The summed E-state index contributed by atoms with van der Waals surface area (Å²) >= 11 is 0. The molecule has 0 unspecified atom stereocenters. The summed E-state index contributed by atoms with van der Waals surface area (Å²) in [6.07, 6.45) is 3.20. The smallest absolute Gasteiger partial charge is 0.248 e. The number of benzene rings is 2. The second-order valence-electron chi connectivity index (χ2n) is 4.11. The number of nitrogen functional groups attached to an aromatic ring is 2. The van der Waals surface area contributed by atoms with Gasteiger partial charge in [0.25, 0.3) is 0 Å². The Balaban J connectivity index is 1.97. The second kappa shape index (κ2) is 5.73. The van der Waals surface area contributed by atoms with Crippen molar-refractivity contribution in [2.24, 2.45) is 0 Å². The van der Waals surface area contributed by atoms with Gasteiger partial charge in [-0.2, -0.15) is 0 Å². The summed E-state index contributed by atoms with van der Waals surface area (Å²) in [7, 11) is 0. The van der Waals surface area contributed by atoms with Crippen molar-refractivity contribution in [2.75, 3.05) is 16.8 Å². The molecule has 0 saturated heterocycles. The third-order valence-electron chi connectivity index (χ3n) is 2.54. The first-order valence-electron chi connectivity index (χ1n) is 5.83. The van der Waals surface area contributed by atoms with Crippen LogP contribution >= 0.6 is 0 Å². The van der Waals surface area contributed by atoms with E-state index in [1.807, 2.05) is 12.1 Å². The van der Waals surface area contributed by atoms with Gasteiger partial charge in [0.2, 0.25) is 5.91 Å². The lowest BCUT2D eigenvalue weighted by molar-refractivity contribution is -0.111. The molecule has 2 rings (SSSR count). The summed E-state index contributed by atoms with van der Waals surface area (Å²) in [5, 5.41) is 2.74. The number of carbonyl (C=O) groups excluding carboxylic acids is 1. The van der Waals surface area contributed by atoms with Crippen LogP contribution in [0.25, 0.3) is 6.08 Å². The monoisotopic (exact) mass is 253 g/mol. The largest absolute Gasteiger partial charge is 0.399 e. The quantitative estimate of drug-likeness (QED) is 0.580. The van der Waals surface area contributed by atoms with Crippen LogP contribution in [0.5, 0.6) is 0 Å². The minimum absolute atomic E-state index is 0.193. The fourth-order valence-corrected chi connectivity index (χ4v) is 1.53. The predicted octanol–water partition coefficient (Wildman–Crippen LogP) is 2.50. The van der Waals surface area contributed by atoms with Crippen LogP contribution in [0.3, 0.4) is 0 Å². The van der Waals surface area contributed by atoms with Gasteiger partial charge in [-0.3, -0.25) is 4.79 Å². The Morgan fingerprint density at radius 3 is 2.00 bits per heavy atom. The molecule has 0 bridgehead atoms. The van der Waals surface area contributed by atoms with E-state index in [0.29, 0.717) is 17.1 Å². The molecule has 0 aliphatic heterocycles. The van der Waals surface area contributed by atoms with Crippen LogP contribution in [0.4, 0.5) is 17.1 Å². The number of anilines is 3. The van der Waals surface area contributed by atoms with E-state index in [2.05, 4.69) is 5.32 Å². The molecule has 4 nitrogen and oxygen atoms in total. The van der Waals surface area contributed by atoms with Crippen molar-refractivity contribution in [3.63, 3.8) is 0 Å². The highest BCUT2D eigenvalue weighted by molar-refractivity contribution is 6.02. The predicted molar refractivity (Wildman–Crippen MR) is 79.4 cm³/mol. The van der Waals surface area contributed by atoms with E-state index in [4.69, 9.17) is 11.5 Å². The van der Waals surface area contributed by atoms with Crippen molar-refractivity contribution < 1.29 is 4.79 Å². The topological polar surface area (TPSA) is 81.1 Å². The highest BCUT2D eigenvalue weighted by atomic mass is 16.1. The summed E-state index contributed by atoms with van der Waals surface area (Å²) in [5.41, 5.74) is 14.1. The van der Waals surface area contributed by atoms with E-state index in [0.717, 1.165) is 5.56 Å². The molecule has 5 N–H and O–H groups in total. The van der Waals surface area contributed by atoms with E-state index in [1.54, 1.807) is 42.5 Å². The van der Waals surface area contributed by atoms with Crippen LogP contribution < -0.4 is 16.8 Å². The Labute approximate surface area is 111 Å². The van der Waals surface area contributed by atoms with Crippen molar-refractivity contribution >= 4 is 29.0 Å². The Bertz CT molecular complexity index is 586. The Hall–Kier alpha value is -2.75. The summed E-state index contributed by atoms with van der Waals surface area (Å²) < 4.78 is 0. The van der Waals surface area contributed by atoms with Gasteiger partial charge in [0, 0.05) is 23.1 Å². The molecule has 2 aromatic rings. The molecule has 96 valence electrons. The average Bonchev–Trinajstić information content (AvgIpc) is 2.41. The second-order valence-corrected chi connectivity index (χ2v) is 4.11. The van der Waals surface area contributed by atoms with Crippen LogP contribution in [-0.4, -0.2) is 5.91 Å². The number of nitrogens with two attached hydrogens (primary N) is 2. The SMILES string of the molecule is Nc1ccc(C=CC(=O)Nc2ccc(N)cc2)cc1. The Morgan fingerprint density at radius 1 is 0.895 bits per heavy atom. The molecule has 0 saturated carbocycles. The summed E-state index contributed by atoms with van der Waals surface area (Å²) in [6, 6.07) is 14.3. The van der Waals surface area contributed by atoms with Crippen molar-refractivity contribution in [1.29, 1.82) is 0 Å². The van der Waals surface area contributed by atoms with Gasteiger partial charge < -0.3 is 16.8 Å². The third-order valence-corrected chi connectivity index (χ3v) is 2.54. The lowest BCUT2D eigenvalue weighted by atomic mass is 10.2. The molecule has 0 radical (unpaired) electrons. The van der Waals surface area contributed by atoms with Gasteiger partial charge >= 0.3 is 0 Å². The standard InChI is InChI=1S/C15H15N3O/c16-12-4-1-11(2-5-12)3-10-15(19)18-14-8-6-13(17)7-9-14/h1-10H,16-17H2,(H,18,19). The molecule has 0 spiro atoms. The van der Waals surface area contributed by atoms with E-state index in [9.17, 15) is 4.79 Å². The van der Waals surface area contributed by atoms with Gasteiger partial charge in [0.1, 0.15) is 0 Å². The van der Waals surface area contributed by atoms with Gasteiger partial charge in [0.15, 0.2) is 0 Å². The van der Waals surface area contributed by atoms with Crippen LogP contribution in [0.15, 0.2) is 54.6 Å². The lowest BCUT2D eigenvalue weighted by Crippen LogP contribution is -2.07. The summed E-state index contributed by atoms with van der Waals surface area (Å²) in [4.78, 5) is 11.7. The molecule has 0 aliphatic rings. The van der Waals surface area contributed by atoms with Gasteiger partial charge in [0.05, 0.1) is 0 Å². The highest BCUT2D eigenvalue weighted by Gasteiger charge is 1.97. The summed E-state index contributed by atoms with van der Waals surface area (Å²) in [5.74, 6) is -0.193. The minimum atomic E-state index is -0.193. The first-order valence-corrected chi connectivity index (χ1v) is 5.83. The number of nitrogens with one attached hydrogen (secondary N) is 1. The Morgan fingerprint density at radius 2 is 1.42 bits per heavy atom. The first-order chi connectivity index (χ1) is 9.13. The fourth-order valence-electron chi connectivity index (χ4n) is 1.53. The van der Waals surface area contributed by atoms with Crippen molar-refractivity contribution in [3.8, 4) is 0 Å². The van der Waals surface area contributed by atoms with Crippen molar-refractivity contribution in [2.45, 2.75) is 0 Å². The number of amides is 1. The molecule has 0 fully saturated rings. The van der Waals surface area contributed by atoms with Gasteiger partial charge in [-0.15, -0.1) is 0 Å². The lowest BCUT2D eigenvalue weighted by Gasteiger charge is -2.02. The molecule has 4 heteroatoms. The minimum Gasteiger partial charge on any atom is -0.399 e. The molecular formula is C15H15N3O. The van der Waals surface area contributed by atoms with Crippen molar-refractivity contribution in [3.05, 3.63) is 60.2 Å². The molecule has 0 aromatic heterocycles. The molecular weight excluding hydrogens is 238 g/mol. The number of carbonyl (C=O) groups is 1. The van der Waals surface area contributed by atoms with E-state index in [1.165, 1.54) is 6.08 Å². The zero-order valence-electron chi connectivity index (χ0n) is 10.3. The normalized spacial score (nSPS) is 10.5. The Kier molecular flexibility index (Phi) is 3.83. The molecule has 19 heavy (non-hydrogen) atoms. The molecule has 2 aromatic carbocycles. The maximum Gasteiger partial charge on any atom is 0.248 e. The summed E-state index contributed by atoms with van der Waals surface area (Å²) in [6.45, 7) is 0. The fraction of sp³-hybridized carbons (Fsp3) is 0. The number of hydrogen-bond acceptors (Lipinski definition) is 3. The highest BCUT2D eigenvalue weighted by Crippen LogP contribution is 2.11. The van der Waals surface area contributed by atoms with Crippen LogP contribution in [-0.2, 0) is 4.79 Å². The zero-order chi connectivity index (χ0) is 13.7. The third kappa shape index (κ3) is 3.89. The van der Waals surface area contributed by atoms with E-state index < -0.39 is 0 Å². The average molecular weight is 253 g/mol. The van der Waals surface area contributed by atoms with Crippen LogP contribution in [0.1, 0.15) is 5.56 Å². The van der Waals surface area contributed by atoms with Crippen molar-refractivity contribution in [1.82, 2.24) is 0 Å².